The smallest absolute Gasteiger partial charge is 0.273 e. The van der Waals surface area contributed by atoms with Gasteiger partial charge in [0.1, 0.15) is 21.0 Å². The van der Waals surface area contributed by atoms with Crippen molar-refractivity contribution in [2.45, 2.75) is 6.92 Å². The molecule has 0 aliphatic rings. The van der Waals surface area contributed by atoms with Crippen LogP contribution in [0.2, 0.25) is 0 Å². The third-order valence-corrected chi connectivity index (χ3v) is 5.82. The maximum Gasteiger partial charge on any atom is 0.273 e. The van der Waals surface area contributed by atoms with Crippen LogP contribution in [0.5, 0.6) is 0 Å². The van der Waals surface area contributed by atoms with Gasteiger partial charge in [-0.15, -0.1) is 0 Å². The Labute approximate surface area is 176 Å². The normalized spacial score (nSPS) is 11.0. The number of aryl methyl sites for hydroxylation is 1. The second-order valence-electron chi connectivity index (χ2n) is 6.86. The van der Waals surface area contributed by atoms with Crippen molar-refractivity contribution in [1.29, 1.82) is 0 Å². The molecule has 0 unspecified atom stereocenters. The summed E-state index contributed by atoms with van der Waals surface area (Å²) in [5.74, 6) is -0.240. The van der Waals surface area contributed by atoms with Crippen molar-refractivity contribution in [3.63, 3.8) is 0 Å². The van der Waals surface area contributed by atoms with Crippen molar-refractivity contribution in [2.24, 2.45) is 0 Å². The Hall–Kier alpha value is -3.84. The van der Waals surface area contributed by atoms with Gasteiger partial charge in [0.05, 0.1) is 5.69 Å². The van der Waals surface area contributed by atoms with Crippen LogP contribution >= 0.6 is 11.3 Å². The first-order chi connectivity index (χ1) is 14.7. The molecule has 0 bridgehead atoms. The number of aromatic nitrogens is 4. The maximum absolute atomic E-state index is 12.8. The average molecular weight is 411 g/mol. The van der Waals surface area contributed by atoms with E-state index in [1.54, 1.807) is 12.3 Å². The van der Waals surface area contributed by atoms with E-state index in [-0.39, 0.29) is 5.91 Å². The number of anilines is 1. The van der Waals surface area contributed by atoms with Gasteiger partial charge in [-0.1, -0.05) is 53.8 Å². The summed E-state index contributed by atoms with van der Waals surface area (Å²) in [5.41, 5.74) is 5.60. The molecule has 0 spiro atoms. The Bertz CT molecular complexity index is 1320. The van der Waals surface area contributed by atoms with Crippen LogP contribution in [0, 0.1) is 6.92 Å². The zero-order chi connectivity index (χ0) is 20.5. The Balaban J connectivity index is 1.41. The van der Waals surface area contributed by atoms with Crippen molar-refractivity contribution in [3.05, 3.63) is 84.2 Å². The fourth-order valence-electron chi connectivity index (χ4n) is 3.17. The molecule has 1 amide bonds. The number of nitrogens with zero attached hydrogens (tertiary/aromatic N) is 3. The quantitative estimate of drug-likeness (QED) is 0.420. The highest BCUT2D eigenvalue weighted by molar-refractivity contribution is 7.21. The Morgan fingerprint density at radius 1 is 1.00 bits per heavy atom. The molecule has 30 heavy (non-hydrogen) atoms. The molecule has 2 aromatic carbocycles. The number of carbonyl (C=O) groups is 1. The van der Waals surface area contributed by atoms with Gasteiger partial charge in [-0.2, -0.15) is 5.10 Å². The lowest BCUT2D eigenvalue weighted by Crippen LogP contribution is -2.13. The molecule has 0 fully saturated rings. The summed E-state index contributed by atoms with van der Waals surface area (Å²) in [7, 11) is 0. The topological polar surface area (TPSA) is 83.6 Å². The van der Waals surface area contributed by atoms with Crippen molar-refractivity contribution in [1.82, 2.24) is 20.2 Å². The minimum absolute atomic E-state index is 0.240. The predicted molar refractivity (Wildman–Crippen MR) is 120 cm³/mol. The zero-order valence-corrected chi connectivity index (χ0v) is 16.9. The highest BCUT2D eigenvalue weighted by Gasteiger charge is 2.14. The molecule has 7 heteroatoms. The molecular formula is C23H17N5OS. The number of pyridine rings is 1. The lowest BCUT2D eigenvalue weighted by Gasteiger charge is -2.09. The second-order valence-corrected chi connectivity index (χ2v) is 7.84. The highest BCUT2D eigenvalue weighted by Crippen LogP contribution is 2.31. The van der Waals surface area contributed by atoms with Crippen LogP contribution in [0.25, 0.3) is 32.2 Å². The van der Waals surface area contributed by atoms with Crippen LogP contribution in [-0.2, 0) is 0 Å². The number of amides is 1. The van der Waals surface area contributed by atoms with Gasteiger partial charge in [-0.25, -0.2) is 9.97 Å². The SMILES string of the molecule is Cc1ccc(-c2nc3cccnc3s2)cc1NC(=O)c1cc(-c2ccccc2)n[nH]1. The maximum atomic E-state index is 12.8. The van der Waals surface area contributed by atoms with Crippen molar-refractivity contribution in [3.8, 4) is 21.8 Å². The van der Waals surface area contributed by atoms with Gasteiger partial charge < -0.3 is 5.32 Å². The van der Waals surface area contributed by atoms with Gasteiger partial charge in [0.15, 0.2) is 0 Å². The molecule has 5 aromatic rings. The van der Waals surface area contributed by atoms with E-state index in [0.717, 1.165) is 43.4 Å². The molecule has 0 saturated heterocycles. The van der Waals surface area contributed by atoms with Crippen LogP contribution in [0.4, 0.5) is 5.69 Å². The highest BCUT2D eigenvalue weighted by atomic mass is 32.1. The molecule has 2 N–H and O–H groups in total. The number of nitrogens with one attached hydrogen (secondary N) is 2. The van der Waals surface area contributed by atoms with E-state index in [4.69, 9.17) is 0 Å². The molecule has 146 valence electrons. The number of hydrogen-bond acceptors (Lipinski definition) is 5. The standard InChI is InChI=1S/C23H17N5OS/c1-14-9-10-16(22-26-17-8-5-11-24-23(17)30-22)12-18(14)25-21(29)20-13-19(27-28-20)15-6-3-2-4-7-15/h2-13H,1H3,(H,25,29)(H,27,28). The number of benzene rings is 2. The van der Waals surface area contributed by atoms with Gasteiger partial charge in [0.2, 0.25) is 0 Å². The summed E-state index contributed by atoms with van der Waals surface area (Å²) in [5, 5.41) is 10.9. The van der Waals surface area contributed by atoms with E-state index in [1.807, 2.05) is 67.6 Å². The number of aromatic amines is 1. The predicted octanol–water partition coefficient (Wildman–Crippen LogP) is 5.31. The molecule has 0 aliphatic carbocycles. The Morgan fingerprint density at radius 2 is 1.87 bits per heavy atom. The molecule has 0 aliphatic heterocycles. The Morgan fingerprint density at radius 3 is 2.70 bits per heavy atom. The second kappa shape index (κ2) is 7.53. The first kappa shape index (κ1) is 18.2. The number of rotatable bonds is 4. The number of fused-ring (bicyclic) bond motifs is 1. The number of carbonyl (C=O) groups excluding carboxylic acids is 1. The van der Waals surface area contributed by atoms with E-state index in [0.29, 0.717) is 5.69 Å². The van der Waals surface area contributed by atoms with E-state index in [9.17, 15) is 4.79 Å². The summed E-state index contributed by atoms with van der Waals surface area (Å²) in [6.07, 6.45) is 1.76. The third-order valence-electron chi connectivity index (χ3n) is 4.79. The van der Waals surface area contributed by atoms with Crippen LogP contribution in [0.15, 0.2) is 72.9 Å². The molecule has 3 aromatic heterocycles. The van der Waals surface area contributed by atoms with E-state index in [2.05, 4.69) is 25.5 Å². The van der Waals surface area contributed by atoms with Crippen LogP contribution in [-0.4, -0.2) is 26.1 Å². The first-order valence-corrected chi connectivity index (χ1v) is 10.2. The molecule has 3 heterocycles. The fraction of sp³-hybridized carbons (Fsp3) is 0.0435. The van der Waals surface area contributed by atoms with Gasteiger partial charge in [-0.3, -0.25) is 9.89 Å². The van der Waals surface area contributed by atoms with Crippen molar-refractivity contribution < 1.29 is 4.79 Å². The van der Waals surface area contributed by atoms with Gasteiger partial charge in [0, 0.05) is 23.0 Å². The average Bonchev–Trinajstić information content (AvgIpc) is 3.43. The molecule has 0 atom stereocenters. The van der Waals surface area contributed by atoms with Crippen LogP contribution in [0.3, 0.4) is 0 Å². The molecule has 5 rings (SSSR count). The van der Waals surface area contributed by atoms with Gasteiger partial charge in [-0.05, 0) is 36.8 Å². The molecule has 6 nitrogen and oxygen atoms in total. The minimum atomic E-state index is -0.240. The zero-order valence-electron chi connectivity index (χ0n) is 16.1. The van der Waals surface area contributed by atoms with Gasteiger partial charge in [0.25, 0.3) is 5.91 Å². The number of hydrogen-bond donors (Lipinski definition) is 2. The van der Waals surface area contributed by atoms with Crippen LogP contribution in [0.1, 0.15) is 16.1 Å². The summed E-state index contributed by atoms with van der Waals surface area (Å²) in [6, 6.07) is 21.2. The monoisotopic (exact) mass is 411 g/mol. The Kier molecular flexibility index (Phi) is 4.57. The number of thiazole rings is 1. The van der Waals surface area contributed by atoms with Crippen molar-refractivity contribution in [2.75, 3.05) is 5.32 Å². The largest absolute Gasteiger partial charge is 0.320 e. The summed E-state index contributed by atoms with van der Waals surface area (Å²) in [6.45, 7) is 1.96. The lowest BCUT2D eigenvalue weighted by molar-refractivity contribution is 0.102. The molecule has 0 radical (unpaired) electrons. The summed E-state index contributed by atoms with van der Waals surface area (Å²) < 4.78 is 0. The van der Waals surface area contributed by atoms with Crippen molar-refractivity contribution >= 4 is 33.3 Å². The molecule has 0 saturated carbocycles. The van der Waals surface area contributed by atoms with Gasteiger partial charge >= 0.3 is 0 Å². The van der Waals surface area contributed by atoms with E-state index >= 15 is 0 Å². The van der Waals surface area contributed by atoms with E-state index in [1.165, 1.54) is 11.3 Å². The van der Waals surface area contributed by atoms with E-state index < -0.39 is 0 Å². The lowest BCUT2D eigenvalue weighted by atomic mass is 10.1. The summed E-state index contributed by atoms with van der Waals surface area (Å²) >= 11 is 1.53. The van der Waals surface area contributed by atoms with Crippen LogP contribution < -0.4 is 5.32 Å². The number of H-pyrrole nitrogens is 1. The third kappa shape index (κ3) is 3.46. The fourth-order valence-corrected chi connectivity index (χ4v) is 4.07. The molecular weight excluding hydrogens is 394 g/mol. The first-order valence-electron chi connectivity index (χ1n) is 9.42. The minimum Gasteiger partial charge on any atom is -0.320 e. The summed E-state index contributed by atoms with van der Waals surface area (Å²) in [4.78, 5) is 22.7.